The summed E-state index contributed by atoms with van der Waals surface area (Å²) < 4.78 is 8.26. The molecule has 0 bridgehead atoms. The van der Waals surface area contributed by atoms with Crippen molar-refractivity contribution in [2.45, 2.75) is 26.8 Å². The number of nitrogens with zero attached hydrogens (tertiary/aromatic N) is 2. The van der Waals surface area contributed by atoms with Crippen LogP contribution in [0.15, 0.2) is 12.1 Å². The minimum absolute atomic E-state index is 0.282. The summed E-state index contributed by atoms with van der Waals surface area (Å²) in [6, 6.07) is 2.81. The molecule has 2 aromatic rings. The maximum atomic E-state index is 12.1. The molecular formula is C12H15ClN4OS. The Morgan fingerprint density at radius 2 is 2.11 bits per heavy atom. The predicted molar refractivity (Wildman–Crippen MR) is 78.5 cm³/mol. The van der Waals surface area contributed by atoms with Gasteiger partial charge >= 0.3 is 0 Å². The first-order chi connectivity index (χ1) is 8.80. The maximum Gasteiger partial charge on any atom is 0.241 e. The summed E-state index contributed by atoms with van der Waals surface area (Å²) in [5.41, 5.74) is 7.36. The Balaban J connectivity index is 2.33. The zero-order valence-electron chi connectivity index (χ0n) is 10.9. The van der Waals surface area contributed by atoms with Crippen molar-refractivity contribution in [3.05, 3.63) is 17.2 Å². The zero-order valence-corrected chi connectivity index (χ0v) is 12.5. The minimum atomic E-state index is -0.634. The molecule has 0 unspecified atom stereocenters. The summed E-state index contributed by atoms with van der Waals surface area (Å²) >= 11 is 7.18. The summed E-state index contributed by atoms with van der Waals surface area (Å²) in [6.45, 7) is 5.72. The van der Waals surface area contributed by atoms with E-state index in [1.165, 1.54) is 0 Å². The van der Waals surface area contributed by atoms with Gasteiger partial charge in [0.1, 0.15) is 11.0 Å². The van der Waals surface area contributed by atoms with Crippen LogP contribution in [-0.2, 0) is 4.79 Å². The van der Waals surface area contributed by atoms with Gasteiger partial charge < -0.3 is 11.1 Å². The van der Waals surface area contributed by atoms with Gasteiger partial charge in [0.2, 0.25) is 5.91 Å². The Bertz CT molecular complexity index is 620. The smallest absolute Gasteiger partial charge is 0.241 e. The van der Waals surface area contributed by atoms with Gasteiger partial charge in [-0.25, -0.2) is 0 Å². The fraction of sp³-hybridized carbons (Fsp3) is 0.417. The van der Waals surface area contributed by atoms with E-state index in [1.54, 1.807) is 12.1 Å². The van der Waals surface area contributed by atoms with Crippen molar-refractivity contribution in [2.75, 3.05) is 5.32 Å². The first-order valence-electron chi connectivity index (χ1n) is 5.78. The number of hydrogen-bond donors (Lipinski definition) is 2. The zero-order chi connectivity index (χ0) is 14.2. The van der Waals surface area contributed by atoms with Crippen LogP contribution in [0.25, 0.3) is 11.0 Å². The monoisotopic (exact) mass is 298 g/mol. The van der Waals surface area contributed by atoms with Crippen LogP contribution in [0.1, 0.15) is 20.8 Å². The van der Waals surface area contributed by atoms with Crippen molar-refractivity contribution in [1.29, 1.82) is 0 Å². The SMILES string of the molecule is CC(C)(C)[C@H](N)C(=O)Nc1c(Cl)ccc2nsnc12. The Labute approximate surface area is 120 Å². The van der Waals surface area contributed by atoms with Crippen LogP contribution < -0.4 is 11.1 Å². The standard InChI is InChI=1S/C12H15ClN4OS/c1-12(2,3)10(14)11(18)15-8-6(13)4-5-7-9(8)17-19-16-7/h4-5,10H,14H2,1-3H3,(H,15,18)/t10-/m1/s1. The van der Waals surface area contributed by atoms with Gasteiger partial charge in [0.05, 0.1) is 28.5 Å². The largest absolute Gasteiger partial charge is 0.322 e. The molecule has 0 aliphatic rings. The van der Waals surface area contributed by atoms with Crippen molar-refractivity contribution >= 4 is 46.0 Å². The molecule has 2 rings (SSSR count). The summed E-state index contributed by atoms with van der Waals surface area (Å²) in [5.74, 6) is -0.282. The van der Waals surface area contributed by atoms with Crippen molar-refractivity contribution in [1.82, 2.24) is 8.75 Å². The molecule has 3 N–H and O–H groups in total. The van der Waals surface area contributed by atoms with Crippen LogP contribution in [0.3, 0.4) is 0 Å². The number of rotatable bonds is 2. The quantitative estimate of drug-likeness (QED) is 0.893. The lowest BCUT2D eigenvalue weighted by Gasteiger charge is -2.26. The fourth-order valence-corrected chi connectivity index (χ4v) is 2.28. The Morgan fingerprint density at radius 1 is 1.42 bits per heavy atom. The third-order valence-corrected chi connectivity index (χ3v) is 3.70. The molecule has 1 aromatic carbocycles. The molecule has 19 heavy (non-hydrogen) atoms. The average Bonchev–Trinajstić information content (AvgIpc) is 2.78. The van der Waals surface area contributed by atoms with Crippen LogP contribution >= 0.6 is 23.3 Å². The second-order valence-corrected chi connectivity index (χ2v) is 6.32. The van der Waals surface area contributed by atoms with E-state index in [-0.39, 0.29) is 11.3 Å². The molecule has 0 radical (unpaired) electrons. The third-order valence-electron chi connectivity index (χ3n) is 2.84. The topological polar surface area (TPSA) is 80.9 Å². The van der Waals surface area contributed by atoms with E-state index in [0.717, 1.165) is 11.7 Å². The summed E-state index contributed by atoms with van der Waals surface area (Å²) in [6.07, 6.45) is 0. The molecule has 5 nitrogen and oxygen atoms in total. The van der Waals surface area contributed by atoms with Crippen molar-refractivity contribution in [2.24, 2.45) is 11.1 Å². The molecule has 0 saturated carbocycles. The van der Waals surface area contributed by atoms with Crippen LogP contribution in [-0.4, -0.2) is 20.7 Å². The molecule has 7 heteroatoms. The molecule has 1 amide bonds. The first kappa shape index (κ1) is 14.2. The van der Waals surface area contributed by atoms with Gasteiger partial charge in [-0.05, 0) is 17.5 Å². The van der Waals surface area contributed by atoms with Gasteiger partial charge in [-0.2, -0.15) is 8.75 Å². The molecule has 0 fully saturated rings. The van der Waals surface area contributed by atoms with Crippen molar-refractivity contribution in [3.63, 3.8) is 0 Å². The molecule has 0 aliphatic carbocycles. The lowest BCUT2D eigenvalue weighted by atomic mass is 9.87. The number of hydrogen-bond acceptors (Lipinski definition) is 5. The number of benzene rings is 1. The number of amides is 1. The van der Waals surface area contributed by atoms with Crippen LogP contribution in [0.2, 0.25) is 5.02 Å². The van der Waals surface area contributed by atoms with E-state index >= 15 is 0 Å². The molecule has 1 atom stereocenters. The highest BCUT2D eigenvalue weighted by atomic mass is 35.5. The second kappa shape index (κ2) is 5.03. The van der Waals surface area contributed by atoms with E-state index in [9.17, 15) is 4.79 Å². The number of nitrogens with two attached hydrogens (primary N) is 1. The molecule has 102 valence electrons. The second-order valence-electron chi connectivity index (χ2n) is 5.39. The van der Waals surface area contributed by atoms with E-state index in [4.69, 9.17) is 17.3 Å². The average molecular weight is 299 g/mol. The van der Waals surface area contributed by atoms with Crippen molar-refractivity contribution in [3.8, 4) is 0 Å². The number of aromatic nitrogens is 2. The minimum Gasteiger partial charge on any atom is -0.322 e. The lowest BCUT2D eigenvalue weighted by Crippen LogP contribution is -2.45. The van der Waals surface area contributed by atoms with Crippen LogP contribution in [0, 0.1) is 5.41 Å². The summed E-state index contributed by atoms with van der Waals surface area (Å²) in [7, 11) is 0. The van der Waals surface area contributed by atoms with Crippen molar-refractivity contribution < 1.29 is 4.79 Å². The van der Waals surface area contributed by atoms with Crippen LogP contribution in [0.4, 0.5) is 5.69 Å². The molecule has 1 aromatic heterocycles. The third kappa shape index (κ3) is 2.86. The van der Waals surface area contributed by atoms with Gasteiger partial charge in [-0.3, -0.25) is 4.79 Å². The number of carbonyl (C=O) groups is 1. The highest BCUT2D eigenvalue weighted by Crippen LogP contribution is 2.30. The molecule has 0 saturated heterocycles. The van der Waals surface area contributed by atoms with E-state index in [0.29, 0.717) is 21.7 Å². The predicted octanol–water partition coefficient (Wildman–Crippen LogP) is 2.66. The van der Waals surface area contributed by atoms with E-state index in [1.807, 2.05) is 20.8 Å². The highest BCUT2D eigenvalue weighted by Gasteiger charge is 2.28. The molecule has 1 heterocycles. The van der Waals surface area contributed by atoms with E-state index < -0.39 is 6.04 Å². The number of halogens is 1. The number of carbonyl (C=O) groups excluding carboxylic acids is 1. The van der Waals surface area contributed by atoms with Gasteiger partial charge in [0.25, 0.3) is 0 Å². The maximum absolute atomic E-state index is 12.1. The Hall–Kier alpha value is -1.24. The van der Waals surface area contributed by atoms with Gasteiger partial charge in [0, 0.05) is 0 Å². The molecule has 0 aliphatic heterocycles. The summed E-state index contributed by atoms with van der Waals surface area (Å²) in [5, 5.41) is 3.18. The van der Waals surface area contributed by atoms with Gasteiger partial charge in [-0.15, -0.1) is 0 Å². The number of fused-ring (bicyclic) bond motifs is 1. The van der Waals surface area contributed by atoms with E-state index in [2.05, 4.69) is 14.1 Å². The molecule has 0 spiro atoms. The van der Waals surface area contributed by atoms with Gasteiger partial charge in [-0.1, -0.05) is 32.4 Å². The Morgan fingerprint density at radius 3 is 2.74 bits per heavy atom. The van der Waals surface area contributed by atoms with Crippen LogP contribution in [0.5, 0.6) is 0 Å². The van der Waals surface area contributed by atoms with Gasteiger partial charge in [0.15, 0.2) is 0 Å². The summed E-state index contributed by atoms with van der Waals surface area (Å²) in [4.78, 5) is 12.1. The first-order valence-corrected chi connectivity index (χ1v) is 6.89. The molecular weight excluding hydrogens is 284 g/mol. The number of nitrogens with one attached hydrogen (secondary N) is 1. The normalized spacial score (nSPS) is 13.5. The fourth-order valence-electron chi connectivity index (χ4n) is 1.54. The lowest BCUT2D eigenvalue weighted by molar-refractivity contribution is -0.119. The Kier molecular flexibility index (Phi) is 3.75. The number of anilines is 1. The highest BCUT2D eigenvalue weighted by molar-refractivity contribution is 7.00.